The first-order valence-corrected chi connectivity index (χ1v) is 6.61. The maximum Gasteiger partial charge on any atom is 0.330 e. The molecular weight excluding hydrogens is 272 g/mol. The largest absolute Gasteiger partial charge is 0.476 e. The normalized spacial score (nSPS) is 10.4. The van der Waals surface area contributed by atoms with Crippen molar-refractivity contribution in [3.8, 4) is 5.88 Å². The number of pyridine rings is 1. The van der Waals surface area contributed by atoms with Gasteiger partial charge in [0, 0.05) is 33.0 Å². The second kappa shape index (κ2) is 6.25. The van der Waals surface area contributed by atoms with Crippen LogP contribution in [0.25, 0.3) is 0 Å². The Labute approximate surface area is 121 Å². The van der Waals surface area contributed by atoms with Gasteiger partial charge in [-0.3, -0.25) is 9.36 Å². The Kier molecular flexibility index (Phi) is 4.42. The summed E-state index contributed by atoms with van der Waals surface area (Å²) in [5.41, 5.74) is 0.536. The third-order valence-corrected chi connectivity index (χ3v) is 3.04. The van der Waals surface area contributed by atoms with E-state index >= 15 is 0 Å². The first kappa shape index (κ1) is 14.8. The van der Waals surface area contributed by atoms with Crippen LogP contribution >= 0.6 is 0 Å². The Morgan fingerprint density at radius 1 is 1.33 bits per heavy atom. The van der Waals surface area contributed by atoms with Gasteiger partial charge in [-0.1, -0.05) is 0 Å². The first-order chi connectivity index (χ1) is 10.0. The summed E-state index contributed by atoms with van der Waals surface area (Å²) in [6.45, 7) is 2.67. The van der Waals surface area contributed by atoms with Crippen LogP contribution in [-0.4, -0.2) is 20.7 Å². The zero-order valence-electron chi connectivity index (χ0n) is 12.3. The molecule has 0 radical (unpaired) electrons. The van der Waals surface area contributed by atoms with Crippen molar-refractivity contribution in [1.82, 2.24) is 14.1 Å². The number of nitrogens with zero attached hydrogens (tertiary/aromatic N) is 3. The number of aromatic nitrogens is 3. The van der Waals surface area contributed by atoms with E-state index in [1.165, 1.54) is 17.8 Å². The third kappa shape index (κ3) is 3.13. The van der Waals surface area contributed by atoms with Crippen LogP contribution in [0, 0.1) is 0 Å². The smallest absolute Gasteiger partial charge is 0.330 e. The number of hydrogen-bond donors (Lipinski definition) is 1. The van der Waals surface area contributed by atoms with Gasteiger partial charge in [0.1, 0.15) is 0 Å². The van der Waals surface area contributed by atoms with Gasteiger partial charge in [-0.15, -0.1) is 0 Å². The van der Waals surface area contributed by atoms with Crippen LogP contribution in [0.3, 0.4) is 0 Å². The van der Waals surface area contributed by atoms with E-state index in [1.807, 2.05) is 13.0 Å². The van der Waals surface area contributed by atoms with E-state index in [1.54, 1.807) is 19.3 Å². The van der Waals surface area contributed by atoms with Crippen LogP contribution in [0.4, 0.5) is 5.69 Å². The zero-order chi connectivity index (χ0) is 15.4. The van der Waals surface area contributed by atoms with Gasteiger partial charge in [-0.05, 0) is 19.1 Å². The summed E-state index contributed by atoms with van der Waals surface area (Å²) in [5.74, 6) is 0.488. The standard InChI is InChI=1S/C14H18N4O3/c1-4-21-12-11(6-5-7-15-12)16-8-10-9-17(2)14(20)18(3)13(10)19/h5-7,9,16H,4,8H2,1-3H3. The van der Waals surface area contributed by atoms with Crippen molar-refractivity contribution in [1.29, 1.82) is 0 Å². The first-order valence-electron chi connectivity index (χ1n) is 6.61. The highest BCUT2D eigenvalue weighted by atomic mass is 16.5. The molecule has 0 aliphatic rings. The molecule has 0 unspecified atom stereocenters. The van der Waals surface area contributed by atoms with E-state index in [0.717, 1.165) is 4.57 Å². The van der Waals surface area contributed by atoms with Crippen LogP contribution in [0.15, 0.2) is 34.1 Å². The number of rotatable bonds is 5. The molecule has 0 saturated heterocycles. The average Bonchev–Trinajstić information content (AvgIpc) is 2.49. The van der Waals surface area contributed by atoms with Crippen LogP contribution in [0.1, 0.15) is 12.5 Å². The molecular formula is C14H18N4O3. The molecule has 112 valence electrons. The Bertz CT molecular complexity index is 749. The average molecular weight is 290 g/mol. The molecule has 0 saturated carbocycles. The second-order valence-electron chi connectivity index (χ2n) is 4.55. The molecule has 0 aromatic carbocycles. The fourth-order valence-corrected chi connectivity index (χ4v) is 1.97. The molecule has 7 heteroatoms. The van der Waals surface area contributed by atoms with Crippen molar-refractivity contribution in [2.24, 2.45) is 14.1 Å². The molecule has 0 aliphatic carbocycles. The van der Waals surface area contributed by atoms with E-state index in [2.05, 4.69) is 10.3 Å². The van der Waals surface area contributed by atoms with E-state index in [0.29, 0.717) is 23.7 Å². The predicted octanol–water partition coefficient (Wildman–Crippen LogP) is 0.490. The number of ether oxygens (including phenoxy) is 1. The summed E-state index contributed by atoms with van der Waals surface area (Å²) in [6.07, 6.45) is 3.18. The van der Waals surface area contributed by atoms with Crippen LogP contribution in [0.2, 0.25) is 0 Å². The lowest BCUT2D eigenvalue weighted by atomic mass is 10.3. The van der Waals surface area contributed by atoms with E-state index < -0.39 is 0 Å². The van der Waals surface area contributed by atoms with Gasteiger partial charge in [0.2, 0.25) is 5.88 Å². The molecule has 0 fully saturated rings. The molecule has 0 atom stereocenters. The van der Waals surface area contributed by atoms with E-state index in [9.17, 15) is 9.59 Å². The number of anilines is 1. The minimum atomic E-state index is -0.347. The summed E-state index contributed by atoms with van der Waals surface area (Å²) >= 11 is 0. The lowest BCUT2D eigenvalue weighted by molar-refractivity contribution is 0.328. The highest BCUT2D eigenvalue weighted by Gasteiger charge is 2.08. The SMILES string of the molecule is CCOc1ncccc1NCc1cn(C)c(=O)n(C)c1=O. The van der Waals surface area contributed by atoms with Crippen LogP contribution < -0.4 is 21.3 Å². The van der Waals surface area contributed by atoms with Gasteiger partial charge in [0.05, 0.1) is 17.9 Å². The predicted molar refractivity (Wildman–Crippen MR) is 79.7 cm³/mol. The highest BCUT2D eigenvalue weighted by Crippen LogP contribution is 2.20. The molecule has 2 heterocycles. The molecule has 2 rings (SSSR count). The molecule has 0 spiro atoms. The van der Waals surface area contributed by atoms with Gasteiger partial charge in [0.15, 0.2) is 0 Å². The van der Waals surface area contributed by atoms with Crippen molar-refractivity contribution in [2.45, 2.75) is 13.5 Å². The lowest BCUT2D eigenvalue weighted by Gasteiger charge is -2.11. The van der Waals surface area contributed by atoms with Crippen molar-refractivity contribution < 1.29 is 4.74 Å². The number of hydrogen-bond acceptors (Lipinski definition) is 5. The topological polar surface area (TPSA) is 78.2 Å². The maximum atomic E-state index is 12.0. The van der Waals surface area contributed by atoms with Gasteiger partial charge < -0.3 is 14.6 Å². The van der Waals surface area contributed by atoms with Crippen molar-refractivity contribution >= 4 is 5.69 Å². The molecule has 0 bridgehead atoms. The number of nitrogens with one attached hydrogen (secondary N) is 1. The third-order valence-electron chi connectivity index (χ3n) is 3.04. The Morgan fingerprint density at radius 2 is 2.10 bits per heavy atom. The fraction of sp³-hybridized carbons (Fsp3) is 0.357. The highest BCUT2D eigenvalue weighted by molar-refractivity contribution is 5.52. The van der Waals surface area contributed by atoms with Crippen molar-refractivity contribution in [3.63, 3.8) is 0 Å². The molecule has 0 amide bonds. The lowest BCUT2D eigenvalue weighted by Crippen LogP contribution is -2.38. The number of aryl methyl sites for hydroxylation is 1. The minimum Gasteiger partial charge on any atom is -0.476 e. The second-order valence-corrected chi connectivity index (χ2v) is 4.55. The maximum absolute atomic E-state index is 12.0. The fourth-order valence-electron chi connectivity index (χ4n) is 1.97. The van der Waals surface area contributed by atoms with Gasteiger partial charge in [-0.2, -0.15) is 0 Å². The molecule has 1 N–H and O–H groups in total. The Hall–Kier alpha value is -2.57. The van der Waals surface area contributed by atoms with Crippen LogP contribution in [-0.2, 0) is 20.6 Å². The molecule has 7 nitrogen and oxygen atoms in total. The molecule has 0 aliphatic heterocycles. The van der Waals surface area contributed by atoms with Crippen LogP contribution in [0.5, 0.6) is 5.88 Å². The summed E-state index contributed by atoms with van der Waals surface area (Å²) < 4.78 is 7.88. The summed E-state index contributed by atoms with van der Waals surface area (Å²) in [6, 6.07) is 3.61. The quantitative estimate of drug-likeness (QED) is 0.867. The van der Waals surface area contributed by atoms with E-state index in [4.69, 9.17) is 4.74 Å². The van der Waals surface area contributed by atoms with Gasteiger partial charge >= 0.3 is 5.69 Å². The van der Waals surface area contributed by atoms with Crippen molar-refractivity contribution in [3.05, 3.63) is 50.9 Å². The summed E-state index contributed by atoms with van der Waals surface area (Å²) in [7, 11) is 3.07. The Morgan fingerprint density at radius 3 is 2.81 bits per heavy atom. The summed E-state index contributed by atoms with van der Waals surface area (Å²) in [4.78, 5) is 27.8. The molecule has 2 aromatic rings. The Balaban J connectivity index is 2.25. The molecule has 21 heavy (non-hydrogen) atoms. The monoisotopic (exact) mass is 290 g/mol. The van der Waals surface area contributed by atoms with E-state index in [-0.39, 0.29) is 17.8 Å². The van der Waals surface area contributed by atoms with Gasteiger partial charge in [0.25, 0.3) is 5.56 Å². The zero-order valence-corrected chi connectivity index (χ0v) is 12.3. The minimum absolute atomic E-state index is 0.284. The summed E-state index contributed by atoms with van der Waals surface area (Å²) in [5, 5.41) is 3.11. The molecule has 2 aromatic heterocycles. The van der Waals surface area contributed by atoms with Gasteiger partial charge in [-0.25, -0.2) is 9.78 Å². The van der Waals surface area contributed by atoms with Crippen molar-refractivity contribution in [2.75, 3.05) is 11.9 Å².